The van der Waals surface area contributed by atoms with Gasteiger partial charge in [0, 0.05) is 18.7 Å². The van der Waals surface area contributed by atoms with Crippen molar-refractivity contribution < 1.29 is 4.79 Å². The Morgan fingerprint density at radius 1 is 1.42 bits per heavy atom. The van der Waals surface area contributed by atoms with Crippen molar-refractivity contribution in [2.45, 2.75) is 26.7 Å². The number of carbonyl (C=O) groups is 1. The SMILES string of the molecule is CNC[C@H]1CCCN(C(=O)c2cccc(C)c2C)C1. The first kappa shape index (κ1) is 14.1. The van der Waals surface area contributed by atoms with E-state index in [9.17, 15) is 4.79 Å². The summed E-state index contributed by atoms with van der Waals surface area (Å²) in [7, 11) is 1.98. The standard InChI is InChI=1S/C16H24N2O/c1-12-6-4-8-15(13(12)2)16(19)18-9-5-7-14(11-18)10-17-3/h4,6,8,14,17H,5,7,9-11H2,1-3H3/t14-/m1/s1. The van der Waals surface area contributed by atoms with E-state index in [0.29, 0.717) is 5.92 Å². The van der Waals surface area contributed by atoms with Crippen molar-refractivity contribution in [1.82, 2.24) is 10.2 Å². The van der Waals surface area contributed by atoms with Crippen LogP contribution in [0.4, 0.5) is 0 Å². The lowest BCUT2D eigenvalue weighted by Gasteiger charge is -2.33. The van der Waals surface area contributed by atoms with Gasteiger partial charge in [0.25, 0.3) is 5.91 Å². The highest BCUT2D eigenvalue weighted by Crippen LogP contribution is 2.20. The fourth-order valence-electron chi connectivity index (χ4n) is 2.86. The van der Waals surface area contributed by atoms with Crippen LogP contribution in [-0.2, 0) is 0 Å². The monoisotopic (exact) mass is 260 g/mol. The van der Waals surface area contributed by atoms with Crippen LogP contribution in [0.15, 0.2) is 18.2 Å². The van der Waals surface area contributed by atoms with E-state index in [-0.39, 0.29) is 5.91 Å². The second-order valence-electron chi connectivity index (χ2n) is 5.56. The third-order valence-electron chi connectivity index (χ3n) is 4.13. The van der Waals surface area contributed by atoms with Crippen LogP contribution in [0.2, 0.25) is 0 Å². The van der Waals surface area contributed by atoms with Crippen LogP contribution >= 0.6 is 0 Å². The van der Waals surface area contributed by atoms with Crippen molar-refractivity contribution in [3.63, 3.8) is 0 Å². The number of aryl methyl sites for hydroxylation is 1. The molecule has 19 heavy (non-hydrogen) atoms. The van der Waals surface area contributed by atoms with E-state index in [4.69, 9.17) is 0 Å². The Morgan fingerprint density at radius 2 is 2.21 bits per heavy atom. The first-order valence-electron chi connectivity index (χ1n) is 7.13. The molecule has 1 aromatic rings. The van der Waals surface area contributed by atoms with E-state index in [1.165, 1.54) is 12.0 Å². The lowest BCUT2D eigenvalue weighted by Crippen LogP contribution is -2.42. The lowest BCUT2D eigenvalue weighted by atomic mass is 9.96. The minimum Gasteiger partial charge on any atom is -0.338 e. The summed E-state index contributed by atoms with van der Waals surface area (Å²) in [5, 5.41) is 3.22. The second-order valence-corrected chi connectivity index (χ2v) is 5.56. The molecule has 1 aliphatic rings. The summed E-state index contributed by atoms with van der Waals surface area (Å²) in [6, 6.07) is 5.99. The molecular formula is C16H24N2O. The number of hydrogen-bond acceptors (Lipinski definition) is 2. The minimum atomic E-state index is 0.196. The van der Waals surface area contributed by atoms with Gasteiger partial charge >= 0.3 is 0 Å². The largest absolute Gasteiger partial charge is 0.338 e. The highest BCUT2D eigenvalue weighted by atomic mass is 16.2. The van der Waals surface area contributed by atoms with Gasteiger partial charge in [0.05, 0.1) is 0 Å². The normalized spacial score (nSPS) is 19.5. The first-order chi connectivity index (χ1) is 9.13. The molecule has 0 radical (unpaired) electrons. The van der Waals surface area contributed by atoms with Gasteiger partial charge in [0.1, 0.15) is 0 Å². The molecule has 0 saturated carbocycles. The average Bonchev–Trinajstić information content (AvgIpc) is 2.42. The van der Waals surface area contributed by atoms with Crippen molar-refractivity contribution in [2.24, 2.45) is 5.92 Å². The molecule has 1 fully saturated rings. The van der Waals surface area contributed by atoms with Gasteiger partial charge in [-0.3, -0.25) is 4.79 Å². The molecule has 2 rings (SSSR count). The number of hydrogen-bond donors (Lipinski definition) is 1. The highest BCUT2D eigenvalue weighted by Gasteiger charge is 2.24. The molecule has 3 heteroatoms. The quantitative estimate of drug-likeness (QED) is 0.905. The van der Waals surface area contributed by atoms with Gasteiger partial charge in [0.15, 0.2) is 0 Å². The van der Waals surface area contributed by atoms with Gasteiger partial charge < -0.3 is 10.2 Å². The van der Waals surface area contributed by atoms with Gasteiger partial charge in [-0.1, -0.05) is 12.1 Å². The summed E-state index contributed by atoms with van der Waals surface area (Å²) in [5.41, 5.74) is 3.17. The Balaban J connectivity index is 2.12. The molecule has 1 atom stereocenters. The molecule has 104 valence electrons. The van der Waals surface area contributed by atoms with Crippen molar-refractivity contribution >= 4 is 5.91 Å². The molecule has 1 N–H and O–H groups in total. The molecule has 1 saturated heterocycles. The summed E-state index contributed by atoms with van der Waals surface area (Å²) in [4.78, 5) is 14.6. The number of piperidine rings is 1. The predicted octanol–water partition coefficient (Wildman–Crippen LogP) is 2.38. The van der Waals surface area contributed by atoms with Crippen LogP contribution in [0.5, 0.6) is 0 Å². The number of carbonyl (C=O) groups excluding carboxylic acids is 1. The Labute approximate surface area is 116 Å². The molecular weight excluding hydrogens is 236 g/mol. The van der Waals surface area contributed by atoms with Gasteiger partial charge in [-0.15, -0.1) is 0 Å². The molecule has 1 amide bonds. The summed E-state index contributed by atoms with van der Waals surface area (Å²) in [6.07, 6.45) is 2.33. The van der Waals surface area contributed by atoms with Crippen molar-refractivity contribution in [3.05, 3.63) is 34.9 Å². The Kier molecular flexibility index (Phi) is 4.59. The Morgan fingerprint density at radius 3 is 2.95 bits per heavy atom. The number of rotatable bonds is 3. The number of amides is 1. The molecule has 1 aromatic carbocycles. The smallest absolute Gasteiger partial charge is 0.254 e. The molecule has 3 nitrogen and oxygen atoms in total. The topological polar surface area (TPSA) is 32.3 Å². The first-order valence-corrected chi connectivity index (χ1v) is 7.13. The number of nitrogens with one attached hydrogen (secondary N) is 1. The summed E-state index contributed by atoms with van der Waals surface area (Å²) >= 11 is 0. The lowest BCUT2D eigenvalue weighted by molar-refractivity contribution is 0.0673. The van der Waals surface area contributed by atoms with Crippen molar-refractivity contribution in [2.75, 3.05) is 26.7 Å². The molecule has 0 aliphatic carbocycles. The van der Waals surface area contributed by atoms with E-state index in [2.05, 4.69) is 18.3 Å². The maximum Gasteiger partial charge on any atom is 0.254 e. The van der Waals surface area contributed by atoms with Crippen molar-refractivity contribution in [3.8, 4) is 0 Å². The second kappa shape index (κ2) is 6.20. The van der Waals surface area contributed by atoms with Gasteiger partial charge in [0.2, 0.25) is 0 Å². The third kappa shape index (κ3) is 3.16. The molecule has 0 spiro atoms. The van der Waals surface area contributed by atoms with Crippen LogP contribution in [-0.4, -0.2) is 37.5 Å². The van der Waals surface area contributed by atoms with Crippen LogP contribution in [0.25, 0.3) is 0 Å². The van der Waals surface area contributed by atoms with E-state index >= 15 is 0 Å². The zero-order valence-electron chi connectivity index (χ0n) is 12.2. The minimum absolute atomic E-state index is 0.196. The van der Waals surface area contributed by atoms with Gasteiger partial charge in [-0.2, -0.15) is 0 Å². The zero-order valence-corrected chi connectivity index (χ0v) is 12.2. The van der Waals surface area contributed by atoms with Crippen LogP contribution in [0.1, 0.15) is 34.3 Å². The van der Waals surface area contributed by atoms with E-state index < -0.39 is 0 Å². The average molecular weight is 260 g/mol. The van der Waals surface area contributed by atoms with Crippen LogP contribution in [0.3, 0.4) is 0 Å². The molecule has 1 heterocycles. The molecule has 0 unspecified atom stereocenters. The summed E-state index contributed by atoms with van der Waals surface area (Å²) in [6.45, 7) is 6.87. The molecule has 1 aliphatic heterocycles. The number of benzene rings is 1. The van der Waals surface area contributed by atoms with E-state index in [1.807, 2.05) is 31.0 Å². The highest BCUT2D eigenvalue weighted by molar-refractivity contribution is 5.96. The maximum absolute atomic E-state index is 12.6. The third-order valence-corrected chi connectivity index (χ3v) is 4.13. The Hall–Kier alpha value is -1.35. The summed E-state index contributed by atoms with van der Waals surface area (Å²) in [5.74, 6) is 0.787. The predicted molar refractivity (Wildman–Crippen MR) is 78.5 cm³/mol. The molecule has 0 bridgehead atoms. The van der Waals surface area contributed by atoms with Crippen LogP contribution < -0.4 is 5.32 Å². The van der Waals surface area contributed by atoms with E-state index in [1.54, 1.807) is 0 Å². The number of likely N-dealkylation sites (tertiary alicyclic amines) is 1. The van der Waals surface area contributed by atoms with Crippen molar-refractivity contribution in [1.29, 1.82) is 0 Å². The van der Waals surface area contributed by atoms with Gasteiger partial charge in [-0.25, -0.2) is 0 Å². The van der Waals surface area contributed by atoms with Crippen LogP contribution in [0, 0.1) is 19.8 Å². The molecule has 0 aromatic heterocycles. The number of nitrogens with zero attached hydrogens (tertiary/aromatic N) is 1. The summed E-state index contributed by atoms with van der Waals surface area (Å²) < 4.78 is 0. The van der Waals surface area contributed by atoms with E-state index in [0.717, 1.165) is 37.2 Å². The van der Waals surface area contributed by atoms with Gasteiger partial charge in [-0.05, 0) is 63.4 Å². The fourth-order valence-corrected chi connectivity index (χ4v) is 2.86. The zero-order chi connectivity index (χ0) is 13.8. The fraction of sp³-hybridized carbons (Fsp3) is 0.562. The Bertz CT molecular complexity index is 454. The maximum atomic E-state index is 12.6.